The van der Waals surface area contributed by atoms with Crippen molar-refractivity contribution in [2.24, 2.45) is 7.05 Å². The van der Waals surface area contributed by atoms with E-state index in [1.165, 1.54) is 11.8 Å². The first-order chi connectivity index (χ1) is 16.0. The zero-order valence-electron chi connectivity index (χ0n) is 19.2. The largest absolute Gasteiger partial charge is 0.485 e. The van der Waals surface area contributed by atoms with Gasteiger partial charge in [-0.2, -0.15) is 0 Å². The Labute approximate surface area is 198 Å². The van der Waals surface area contributed by atoms with Crippen molar-refractivity contribution < 1.29 is 14.3 Å². The number of aromatic nitrogens is 3. The van der Waals surface area contributed by atoms with Crippen LogP contribution in [0.5, 0.6) is 5.75 Å². The van der Waals surface area contributed by atoms with Crippen molar-refractivity contribution in [1.82, 2.24) is 14.8 Å². The topological polar surface area (TPSA) is 81.5 Å². The van der Waals surface area contributed by atoms with Gasteiger partial charge in [0.05, 0.1) is 19.0 Å². The molecule has 2 aromatic carbocycles. The summed E-state index contributed by atoms with van der Waals surface area (Å²) in [6.07, 6.45) is 0. The lowest BCUT2D eigenvalue weighted by atomic mass is 10.1. The van der Waals surface area contributed by atoms with Gasteiger partial charge in [0.25, 0.3) is 0 Å². The smallest absolute Gasteiger partial charge is 0.234 e. The Morgan fingerprint density at radius 3 is 2.48 bits per heavy atom. The molecule has 0 spiro atoms. The van der Waals surface area contributed by atoms with Gasteiger partial charge in [-0.15, -0.1) is 10.2 Å². The maximum absolute atomic E-state index is 12.4. The molecule has 0 unspecified atom stereocenters. The Balaban J connectivity index is 1.27. The highest BCUT2D eigenvalue weighted by Gasteiger charge is 2.14. The summed E-state index contributed by atoms with van der Waals surface area (Å²) < 4.78 is 13.2. The standard InChI is InChI=1S/C24H29N5O3S/c1-17-5-4-6-18(2)23(17)32-15-21-26-27-24(28(21)3)33-16-22(30)25-19-7-9-20(10-8-19)29-11-13-31-14-12-29/h4-10H,11-16H2,1-3H3,(H,25,30). The minimum absolute atomic E-state index is 0.0875. The minimum atomic E-state index is -0.0875. The number of anilines is 2. The summed E-state index contributed by atoms with van der Waals surface area (Å²) in [5.41, 5.74) is 4.08. The number of morpholine rings is 1. The molecule has 3 aromatic rings. The quantitative estimate of drug-likeness (QED) is 0.507. The maximum Gasteiger partial charge on any atom is 0.234 e. The molecule has 2 heterocycles. The summed E-state index contributed by atoms with van der Waals surface area (Å²) in [6.45, 7) is 7.63. The average molecular weight is 468 g/mol. The number of amides is 1. The van der Waals surface area contributed by atoms with Crippen LogP contribution in [0.1, 0.15) is 17.0 Å². The van der Waals surface area contributed by atoms with E-state index in [1.807, 2.05) is 67.9 Å². The average Bonchev–Trinajstić information content (AvgIpc) is 3.18. The number of carbonyl (C=O) groups is 1. The van der Waals surface area contributed by atoms with Crippen LogP contribution in [0, 0.1) is 13.8 Å². The molecule has 33 heavy (non-hydrogen) atoms. The molecule has 0 saturated carbocycles. The Hall–Kier alpha value is -3.04. The predicted octanol–water partition coefficient (Wildman–Crippen LogP) is 3.58. The van der Waals surface area contributed by atoms with Crippen molar-refractivity contribution in [3.63, 3.8) is 0 Å². The van der Waals surface area contributed by atoms with Crippen LogP contribution in [0.3, 0.4) is 0 Å². The second-order valence-corrected chi connectivity index (χ2v) is 8.89. The monoisotopic (exact) mass is 467 g/mol. The summed E-state index contributed by atoms with van der Waals surface area (Å²) >= 11 is 1.35. The number of rotatable bonds is 8. The zero-order chi connectivity index (χ0) is 23.2. The molecule has 0 atom stereocenters. The lowest BCUT2D eigenvalue weighted by Gasteiger charge is -2.28. The summed E-state index contributed by atoms with van der Waals surface area (Å²) in [6, 6.07) is 14.0. The van der Waals surface area contributed by atoms with Gasteiger partial charge in [0, 0.05) is 31.5 Å². The number of aryl methyl sites for hydroxylation is 2. The molecular formula is C24H29N5O3S. The van der Waals surface area contributed by atoms with E-state index in [9.17, 15) is 4.79 Å². The van der Waals surface area contributed by atoms with E-state index in [1.54, 1.807) is 0 Å². The van der Waals surface area contributed by atoms with Gasteiger partial charge in [-0.05, 0) is 49.2 Å². The van der Waals surface area contributed by atoms with Gasteiger partial charge >= 0.3 is 0 Å². The third kappa shape index (κ3) is 5.85. The fourth-order valence-corrected chi connectivity index (χ4v) is 4.39. The Morgan fingerprint density at radius 1 is 1.09 bits per heavy atom. The molecule has 0 bridgehead atoms. The van der Waals surface area contributed by atoms with E-state index < -0.39 is 0 Å². The van der Waals surface area contributed by atoms with Gasteiger partial charge in [0.2, 0.25) is 5.91 Å². The van der Waals surface area contributed by atoms with E-state index in [0.717, 1.165) is 54.6 Å². The third-order valence-electron chi connectivity index (χ3n) is 5.54. The molecule has 1 amide bonds. The lowest BCUT2D eigenvalue weighted by Crippen LogP contribution is -2.36. The van der Waals surface area contributed by atoms with E-state index in [4.69, 9.17) is 9.47 Å². The van der Waals surface area contributed by atoms with Crippen LogP contribution < -0.4 is 15.0 Å². The van der Waals surface area contributed by atoms with Gasteiger partial charge in [-0.3, -0.25) is 4.79 Å². The highest BCUT2D eigenvalue weighted by molar-refractivity contribution is 7.99. The molecule has 8 nitrogen and oxygen atoms in total. The number of nitrogens with one attached hydrogen (secondary N) is 1. The number of benzene rings is 2. The van der Waals surface area contributed by atoms with Gasteiger partial charge in [-0.25, -0.2) is 0 Å². The normalized spacial score (nSPS) is 13.7. The summed E-state index contributed by atoms with van der Waals surface area (Å²) in [5, 5.41) is 12.1. The fourth-order valence-electron chi connectivity index (χ4n) is 3.66. The first-order valence-corrected chi connectivity index (χ1v) is 11.9. The third-order valence-corrected chi connectivity index (χ3v) is 6.56. The van der Waals surface area contributed by atoms with Crippen LogP contribution in [0.25, 0.3) is 0 Å². The van der Waals surface area contributed by atoms with Crippen LogP contribution in [0.2, 0.25) is 0 Å². The van der Waals surface area contributed by atoms with Crippen LogP contribution >= 0.6 is 11.8 Å². The second-order valence-electron chi connectivity index (χ2n) is 7.95. The fraction of sp³-hybridized carbons (Fsp3) is 0.375. The molecule has 1 aliphatic heterocycles. The number of hydrogen-bond acceptors (Lipinski definition) is 7. The molecule has 1 saturated heterocycles. The van der Waals surface area contributed by atoms with E-state index >= 15 is 0 Å². The van der Waals surface area contributed by atoms with Crippen molar-refractivity contribution in [3.05, 3.63) is 59.4 Å². The molecular weight excluding hydrogens is 438 g/mol. The zero-order valence-corrected chi connectivity index (χ0v) is 20.0. The van der Waals surface area contributed by atoms with Crippen LogP contribution in [0.15, 0.2) is 47.6 Å². The van der Waals surface area contributed by atoms with E-state index in [2.05, 4.69) is 20.4 Å². The van der Waals surface area contributed by atoms with Crippen molar-refractivity contribution in [1.29, 1.82) is 0 Å². The lowest BCUT2D eigenvalue weighted by molar-refractivity contribution is -0.113. The number of thioether (sulfide) groups is 1. The van der Waals surface area contributed by atoms with Crippen LogP contribution in [-0.4, -0.2) is 52.7 Å². The minimum Gasteiger partial charge on any atom is -0.485 e. The van der Waals surface area contributed by atoms with E-state index in [0.29, 0.717) is 17.6 Å². The summed E-state index contributed by atoms with van der Waals surface area (Å²) in [5.74, 6) is 1.73. The van der Waals surface area contributed by atoms with Crippen LogP contribution in [0.4, 0.5) is 11.4 Å². The Bertz CT molecular complexity index is 1070. The molecule has 174 valence electrons. The van der Waals surface area contributed by atoms with Crippen LogP contribution in [-0.2, 0) is 23.2 Å². The predicted molar refractivity (Wildman–Crippen MR) is 130 cm³/mol. The highest BCUT2D eigenvalue weighted by Crippen LogP contribution is 2.24. The number of carbonyl (C=O) groups excluding carboxylic acids is 1. The molecule has 9 heteroatoms. The van der Waals surface area contributed by atoms with Gasteiger partial charge in [-0.1, -0.05) is 30.0 Å². The van der Waals surface area contributed by atoms with Gasteiger partial charge in [0.1, 0.15) is 12.4 Å². The van der Waals surface area contributed by atoms with Gasteiger partial charge < -0.3 is 24.3 Å². The van der Waals surface area contributed by atoms with Crippen molar-refractivity contribution in [2.45, 2.75) is 25.6 Å². The van der Waals surface area contributed by atoms with E-state index in [-0.39, 0.29) is 11.7 Å². The number of ether oxygens (including phenoxy) is 2. The molecule has 1 aliphatic rings. The molecule has 0 radical (unpaired) electrons. The molecule has 4 rings (SSSR count). The number of para-hydroxylation sites is 1. The van der Waals surface area contributed by atoms with Crippen molar-refractivity contribution >= 4 is 29.0 Å². The first-order valence-electron chi connectivity index (χ1n) is 10.9. The molecule has 1 fully saturated rings. The molecule has 1 aromatic heterocycles. The van der Waals surface area contributed by atoms with Crippen molar-refractivity contribution in [2.75, 3.05) is 42.3 Å². The Morgan fingerprint density at radius 2 is 1.79 bits per heavy atom. The Kier molecular flexibility index (Phi) is 7.51. The van der Waals surface area contributed by atoms with Gasteiger partial charge in [0.15, 0.2) is 11.0 Å². The molecule has 0 aliphatic carbocycles. The SMILES string of the molecule is Cc1cccc(C)c1OCc1nnc(SCC(=O)Nc2ccc(N3CCOCC3)cc2)n1C. The van der Waals surface area contributed by atoms with Crippen molar-refractivity contribution in [3.8, 4) is 5.75 Å². The summed E-state index contributed by atoms with van der Waals surface area (Å²) in [4.78, 5) is 14.7. The maximum atomic E-state index is 12.4. The first kappa shape index (κ1) is 23.1. The molecule has 1 N–H and O–H groups in total. The second kappa shape index (κ2) is 10.7. The summed E-state index contributed by atoms with van der Waals surface area (Å²) in [7, 11) is 1.88. The number of nitrogens with zero attached hydrogens (tertiary/aromatic N) is 4. The highest BCUT2D eigenvalue weighted by atomic mass is 32.2. The number of hydrogen-bond donors (Lipinski definition) is 1.